The second kappa shape index (κ2) is 3.59. The van der Waals surface area contributed by atoms with Gasteiger partial charge in [-0.25, -0.2) is 4.98 Å². The summed E-state index contributed by atoms with van der Waals surface area (Å²) >= 11 is 5.88. The number of hydrogen-bond acceptors (Lipinski definition) is 2. The minimum atomic E-state index is -0.383. The zero-order chi connectivity index (χ0) is 10.1. The van der Waals surface area contributed by atoms with E-state index in [0.29, 0.717) is 11.6 Å². The van der Waals surface area contributed by atoms with Crippen molar-refractivity contribution < 1.29 is 5.11 Å². The number of fused-ring (bicyclic) bond motifs is 1. The smallest absolute Gasteiger partial charge is 0.0959 e. The van der Waals surface area contributed by atoms with Gasteiger partial charge in [0.05, 0.1) is 23.5 Å². The lowest BCUT2D eigenvalue weighted by Gasteiger charge is -2.06. The molecule has 1 N–H and O–H groups in total. The van der Waals surface area contributed by atoms with Gasteiger partial charge < -0.3 is 9.67 Å². The number of aliphatic hydroxyl groups excluding tert-OH is 1. The molecule has 4 heteroatoms. The van der Waals surface area contributed by atoms with Crippen molar-refractivity contribution >= 4 is 22.6 Å². The second-order valence-electron chi connectivity index (χ2n) is 3.38. The largest absolute Gasteiger partial charge is 0.392 e. The van der Waals surface area contributed by atoms with E-state index in [-0.39, 0.29) is 6.10 Å². The fourth-order valence-corrected chi connectivity index (χ4v) is 1.63. The molecule has 1 aromatic carbocycles. The Labute approximate surface area is 86.9 Å². The van der Waals surface area contributed by atoms with Gasteiger partial charge in [-0.3, -0.25) is 0 Å². The maximum Gasteiger partial charge on any atom is 0.0959 e. The van der Waals surface area contributed by atoms with Crippen LogP contribution < -0.4 is 0 Å². The normalized spacial score (nSPS) is 13.4. The van der Waals surface area contributed by atoms with Crippen molar-refractivity contribution in [1.82, 2.24) is 9.55 Å². The first-order valence-electron chi connectivity index (χ1n) is 4.45. The summed E-state index contributed by atoms with van der Waals surface area (Å²) in [5, 5.41) is 9.96. The summed E-state index contributed by atoms with van der Waals surface area (Å²) in [4.78, 5) is 4.21. The summed E-state index contributed by atoms with van der Waals surface area (Å²) in [5.74, 6) is 0. The summed E-state index contributed by atoms with van der Waals surface area (Å²) in [7, 11) is 0. The predicted molar refractivity (Wildman–Crippen MR) is 56.4 cm³/mol. The molecule has 0 radical (unpaired) electrons. The molecule has 0 aliphatic heterocycles. The van der Waals surface area contributed by atoms with Crippen molar-refractivity contribution in [3.05, 3.63) is 29.5 Å². The van der Waals surface area contributed by atoms with Crippen LogP contribution >= 0.6 is 11.6 Å². The Balaban J connectivity index is 2.50. The molecule has 2 aromatic rings. The summed E-state index contributed by atoms with van der Waals surface area (Å²) in [6.07, 6.45) is 1.33. The van der Waals surface area contributed by atoms with Crippen LogP contribution in [0.2, 0.25) is 5.02 Å². The van der Waals surface area contributed by atoms with Gasteiger partial charge in [-0.15, -0.1) is 0 Å². The molecule has 0 spiro atoms. The number of imidazole rings is 1. The van der Waals surface area contributed by atoms with Crippen LogP contribution in [0.1, 0.15) is 6.92 Å². The zero-order valence-corrected chi connectivity index (χ0v) is 8.57. The van der Waals surface area contributed by atoms with Gasteiger partial charge >= 0.3 is 0 Å². The van der Waals surface area contributed by atoms with Crippen LogP contribution in [-0.4, -0.2) is 20.8 Å². The molecule has 3 nitrogen and oxygen atoms in total. The first-order chi connectivity index (χ1) is 6.66. The highest BCUT2D eigenvalue weighted by molar-refractivity contribution is 6.31. The van der Waals surface area contributed by atoms with E-state index in [4.69, 9.17) is 11.6 Å². The number of aliphatic hydroxyl groups is 1. The summed E-state index contributed by atoms with van der Waals surface area (Å²) in [5.41, 5.74) is 1.86. The Morgan fingerprint density at radius 2 is 2.36 bits per heavy atom. The van der Waals surface area contributed by atoms with Crippen molar-refractivity contribution in [2.45, 2.75) is 19.6 Å². The van der Waals surface area contributed by atoms with E-state index in [0.717, 1.165) is 11.0 Å². The molecule has 1 heterocycles. The van der Waals surface area contributed by atoms with E-state index < -0.39 is 0 Å². The fraction of sp³-hybridized carbons (Fsp3) is 0.300. The lowest BCUT2D eigenvalue weighted by molar-refractivity contribution is 0.175. The third-order valence-electron chi connectivity index (χ3n) is 2.04. The molecular formula is C10H11ClN2O. The lowest BCUT2D eigenvalue weighted by Crippen LogP contribution is -2.10. The summed E-state index contributed by atoms with van der Waals surface area (Å²) in [6.45, 7) is 2.28. The lowest BCUT2D eigenvalue weighted by atomic mass is 10.3. The molecule has 0 aliphatic carbocycles. The van der Waals surface area contributed by atoms with Crippen LogP contribution in [0, 0.1) is 0 Å². The molecule has 14 heavy (non-hydrogen) atoms. The molecule has 0 amide bonds. The van der Waals surface area contributed by atoms with Crippen LogP contribution in [-0.2, 0) is 6.54 Å². The average Bonchev–Trinajstić information content (AvgIpc) is 2.47. The van der Waals surface area contributed by atoms with E-state index in [9.17, 15) is 5.11 Å². The SMILES string of the molecule is CC(O)Cn1cnc2ccc(Cl)cc21. The highest BCUT2D eigenvalue weighted by atomic mass is 35.5. The molecule has 0 saturated heterocycles. The Morgan fingerprint density at radius 1 is 1.57 bits per heavy atom. The van der Waals surface area contributed by atoms with Crippen molar-refractivity contribution in [2.75, 3.05) is 0 Å². The van der Waals surface area contributed by atoms with Gasteiger partial charge in [0.1, 0.15) is 0 Å². The highest BCUT2D eigenvalue weighted by Gasteiger charge is 2.04. The summed E-state index contributed by atoms with van der Waals surface area (Å²) in [6, 6.07) is 5.53. The van der Waals surface area contributed by atoms with Gasteiger partial charge in [-0.1, -0.05) is 11.6 Å². The van der Waals surface area contributed by atoms with Crippen LogP contribution in [0.3, 0.4) is 0 Å². The van der Waals surface area contributed by atoms with Gasteiger partial charge in [-0.2, -0.15) is 0 Å². The van der Waals surface area contributed by atoms with Crippen LogP contribution in [0.4, 0.5) is 0 Å². The molecule has 0 bridgehead atoms. The van der Waals surface area contributed by atoms with Crippen LogP contribution in [0.5, 0.6) is 0 Å². The number of rotatable bonds is 2. The fourth-order valence-electron chi connectivity index (χ4n) is 1.46. The number of hydrogen-bond donors (Lipinski definition) is 1. The molecule has 74 valence electrons. The quantitative estimate of drug-likeness (QED) is 0.824. The molecular weight excluding hydrogens is 200 g/mol. The Hall–Kier alpha value is -1.06. The van der Waals surface area contributed by atoms with E-state index in [1.807, 2.05) is 22.8 Å². The third kappa shape index (κ3) is 1.74. The molecule has 1 aromatic heterocycles. The minimum absolute atomic E-state index is 0.383. The van der Waals surface area contributed by atoms with Gasteiger partial charge in [0.2, 0.25) is 0 Å². The van der Waals surface area contributed by atoms with Gasteiger partial charge in [-0.05, 0) is 25.1 Å². The van der Waals surface area contributed by atoms with Crippen molar-refractivity contribution in [2.24, 2.45) is 0 Å². The molecule has 0 fully saturated rings. The van der Waals surface area contributed by atoms with Crippen molar-refractivity contribution in [1.29, 1.82) is 0 Å². The molecule has 0 aliphatic rings. The Kier molecular flexibility index (Phi) is 2.44. The Bertz CT molecular complexity index is 450. The first kappa shape index (κ1) is 9.49. The van der Waals surface area contributed by atoms with Gasteiger partial charge in [0.15, 0.2) is 0 Å². The van der Waals surface area contributed by atoms with Crippen LogP contribution in [0.25, 0.3) is 11.0 Å². The molecule has 1 atom stereocenters. The van der Waals surface area contributed by atoms with Crippen molar-refractivity contribution in [3.8, 4) is 0 Å². The number of nitrogens with zero attached hydrogens (tertiary/aromatic N) is 2. The van der Waals surface area contributed by atoms with E-state index in [1.165, 1.54) is 0 Å². The second-order valence-corrected chi connectivity index (χ2v) is 3.82. The van der Waals surface area contributed by atoms with Crippen molar-refractivity contribution in [3.63, 3.8) is 0 Å². The van der Waals surface area contributed by atoms with E-state index in [2.05, 4.69) is 4.98 Å². The zero-order valence-electron chi connectivity index (χ0n) is 7.81. The topological polar surface area (TPSA) is 38.0 Å². The number of aromatic nitrogens is 2. The summed E-state index contributed by atoms with van der Waals surface area (Å²) < 4.78 is 1.89. The molecule has 0 saturated carbocycles. The maximum absolute atomic E-state index is 9.27. The van der Waals surface area contributed by atoms with E-state index >= 15 is 0 Å². The van der Waals surface area contributed by atoms with Gasteiger partial charge in [0, 0.05) is 11.6 Å². The number of benzene rings is 1. The molecule has 2 rings (SSSR count). The standard InChI is InChI=1S/C10H11ClN2O/c1-7(14)5-13-6-12-9-3-2-8(11)4-10(9)13/h2-4,6-7,14H,5H2,1H3. The Morgan fingerprint density at radius 3 is 3.07 bits per heavy atom. The number of halogens is 1. The van der Waals surface area contributed by atoms with Crippen LogP contribution in [0.15, 0.2) is 24.5 Å². The monoisotopic (exact) mass is 210 g/mol. The highest BCUT2D eigenvalue weighted by Crippen LogP contribution is 2.18. The first-order valence-corrected chi connectivity index (χ1v) is 4.83. The van der Waals surface area contributed by atoms with E-state index in [1.54, 1.807) is 13.3 Å². The minimum Gasteiger partial charge on any atom is -0.392 e. The average molecular weight is 211 g/mol. The van der Waals surface area contributed by atoms with Gasteiger partial charge in [0.25, 0.3) is 0 Å². The predicted octanol–water partition coefficient (Wildman–Crippen LogP) is 2.07. The maximum atomic E-state index is 9.27. The molecule has 1 unspecified atom stereocenters. The third-order valence-corrected chi connectivity index (χ3v) is 2.28.